The van der Waals surface area contributed by atoms with Gasteiger partial charge in [0, 0.05) is 55.2 Å². The van der Waals surface area contributed by atoms with Crippen LogP contribution in [0, 0.1) is 5.92 Å². The van der Waals surface area contributed by atoms with E-state index in [1.165, 1.54) is 0 Å². The third kappa shape index (κ3) is 6.38. The highest BCUT2D eigenvalue weighted by molar-refractivity contribution is 6.04. The number of hydrogen-bond donors (Lipinski definition) is 2. The fraction of sp³-hybridized carbons (Fsp3) is 0.424. The molecule has 1 spiro atoms. The van der Waals surface area contributed by atoms with E-state index in [0.29, 0.717) is 24.5 Å². The van der Waals surface area contributed by atoms with Crippen LogP contribution in [0.2, 0.25) is 0 Å². The van der Waals surface area contributed by atoms with Gasteiger partial charge in [0.2, 0.25) is 0 Å². The first-order valence-electron chi connectivity index (χ1n) is 14.5. The molecule has 0 aromatic heterocycles. The molecule has 1 amide bonds. The van der Waals surface area contributed by atoms with Crippen molar-refractivity contribution in [3.63, 3.8) is 0 Å². The first-order chi connectivity index (χ1) is 20.0. The molecular weight excluding hydrogens is 520 g/mol. The van der Waals surface area contributed by atoms with Gasteiger partial charge in [0.25, 0.3) is 5.91 Å². The molecular formula is C33H38N2O6. The molecule has 4 atom stereocenters. The molecule has 0 radical (unpaired) electrons. The van der Waals surface area contributed by atoms with Crippen LogP contribution in [-0.4, -0.2) is 60.7 Å². The molecule has 2 N–H and O–H groups in total. The highest BCUT2D eigenvalue weighted by Crippen LogP contribution is 2.42. The van der Waals surface area contributed by atoms with Gasteiger partial charge < -0.3 is 34.3 Å². The van der Waals surface area contributed by atoms with E-state index in [4.69, 9.17) is 18.9 Å². The van der Waals surface area contributed by atoms with Crippen LogP contribution in [0.4, 0.5) is 5.69 Å². The van der Waals surface area contributed by atoms with Crippen molar-refractivity contribution < 1.29 is 28.8 Å². The number of benzene rings is 3. The summed E-state index contributed by atoms with van der Waals surface area (Å²) in [5, 5.41) is 12.5. The van der Waals surface area contributed by atoms with Crippen LogP contribution < -0.4 is 5.32 Å². The molecule has 3 heterocycles. The van der Waals surface area contributed by atoms with Crippen molar-refractivity contribution in [2.45, 2.75) is 50.7 Å². The number of rotatable bonds is 7. The van der Waals surface area contributed by atoms with Crippen LogP contribution in [-0.2, 0) is 25.6 Å². The average Bonchev–Trinajstić information content (AvgIpc) is 3.48. The third-order valence-corrected chi connectivity index (χ3v) is 8.45. The zero-order valence-electron chi connectivity index (χ0n) is 23.4. The van der Waals surface area contributed by atoms with Crippen LogP contribution in [0.15, 0.2) is 78.9 Å². The number of aliphatic hydroxyl groups excluding tert-OH is 1. The van der Waals surface area contributed by atoms with Gasteiger partial charge in [0.05, 0.1) is 32.0 Å². The summed E-state index contributed by atoms with van der Waals surface area (Å²) in [5.74, 6) is -0.496. The highest BCUT2D eigenvalue weighted by atomic mass is 16.7. The van der Waals surface area contributed by atoms with E-state index < -0.39 is 12.1 Å². The second-order valence-electron chi connectivity index (χ2n) is 11.2. The molecule has 0 unspecified atom stereocenters. The fourth-order valence-corrected chi connectivity index (χ4v) is 6.00. The zero-order chi connectivity index (χ0) is 28.2. The average molecular weight is 559 g/mol. The van der Waals surface area contributed by atoms with Gasteiger partial charge in [-0.25, -0.2) is 0 Å². The molecule has 3 fully saturated rings. The molecule has 3 aliphatic heterocycles. The molecule has 6 rings (SSSR count). The molecule has 8 heteroatoms. The van der Waals surface area contributed by atoms with Gasteiger partial charge in [0.1, 0.15) is 0 Å². The van der Waals surface area contributed by atoms with Crippen molar-refractivity contribution in [1.82, 2.24) is 4.90 Å². The van der Waals surface area contributed by atoms with Crippen molar-refractivity contribution in [2.75, 3.05) is 38.2 Å². The van der Waals surface area contributed by atoms with Crippen LogP contribution in [0.5, 0.6) is 0 Å². The van der Waals surface area contributed by atoms with Crippen molar-refractivity contribution in [3.8, 4) is 0 Å². The first kappa shape index (κ1) is 28.0. The zero-order valence-corrected chi connectivity index (χ0v) is 23.4. The normalized spacial score (nSPS) is 26.2. The van der Waals surface area contributed by atoms with E-state index in [1.807, 2.05) is 66.7 Å². The number of nitrogens with zero attached hydrogens (tertiary/aromatic N) is 1. The number of carbonyl (C=O) groups excluding carboxylic acids is 1. The number of anilines is 1. The lowest BCUT2D eigenvalue weighted by atomic mass is 9.89. The number of amides is 1. The van der Waals surface area contributed by atoms with Gasteiger partial charge in [-0.15, -0.1) is 0 Å². The van der Waals surface area contributed by atoms with Crippen LogP contribution in [0.1, 0.15) is 59.2 Å². The number of nitrogens with one attached hydrogen (secondary N) is 1. The van der Waals surface area contributed by atoms with Crippen molar-refractivity contribution >= 4 is 11.6 Å². The SMILES string of the molecule is C[C@@H]1[C@H](CN2CCC3(CC2)OCCO3)O[C@H](c2cccc(NC(=O)c3ccccc3)c2)O[C@@H]1c1ccc(CO)cc1. The molecule has 0 saturated carbocycles. The highest BCUT2D eigenvalue weighted by Gasteiger charge is 2.43. The van der Waals surface area contributed by atoms with Crippen LogP contribution >= 0.6 is 0 Å². The number of ether oxygens (including phenoxy) is 4. The molecule has 0 bridgehead atoms. The second kappa shape index (κ2) is 12.4. The van der Waals surface area contributed by atoms with E-state index in [1.54, 1.807) is 12.1 Å². The maximum atomic E-state index is 12.8. The van der Waals surface area contributed by atoms with Crippen LogP contribution in [0.25, 0.3) is 0 Å². The monoisotopic (exact) mass is 558 g/mol. The summed E-state index contributed by atoms with van der Waals surface area (Å²) in [5.41, 5.74) is 4.03. The Morgan fingerprint density at radius 1 is 0.927 bits per heavy atom. The van der Waals surface area contributed by atoms with Crippen LogP contribution in [0.3, 0.4) is 0 Å². The number of hydrogen-bond acceptors (Lipinski definition) is 7. The Labute approximate surface area is 241 Å². The Kier molecular flexibility index (Phi) is 8.48. The molecule has 0 aliphatic carbocycles. The number of piperidine rings is 1. The summed E-state index contributed by atoms with van der Waals surface area (Å²) < 4.78 is 25.2. The van der Waals surface area contributed by atoms with Gasteiger partial charge in [-0.05, 0) is 35.4 Å². The van der Waals surface area contributed by atoms with E-state index in [2.05, 4.69) is 17.1 Å². The smallest absolute Gasteiger partial charge is 0.255 e. The minimum atomic E-state index is -0.607. The largest absolute Gasteiger partial charge is 0.392 e. The van der Waals surface area contributed by atoms with Gasteiger partial charge in [-0.3, -0.25) is 4.79 Å². The standard InChI is InChI=1S/C33H38N2O6/c1-23-29(21-35-16-14-33(15-17-35)38-18-19-39-33)40-32(41-30(23)25-12-10-24(22-36)11-13-25)27-8-5-9-28(20-27)34-31(37)26-6-3-2-4-7-26/h2-13,20,23,29-30,32,36H,14-19,21-22H2,1H3,(H,34,37)/t23-,29+,30+,32+/m1/s1. The van der Waals surface area contributed by atoms with Crippen molar-refractivity contribution in [1.29, 1.82) is 0 Å². The third-order valence-electron chi connectivity index (χ3n) is 8.45. The van der Waals surface area contributed by atoms with E-state index in [0.717, 1.165) is 49.2 Å². The summed E-state index contributed by atoms with van der Waals surface area (Å²) >= 11 is 0. The van der Waals surface area contributed by atoms with E-state index >= 15 is 0 Å². The topological polar surface area (TPSA) is 89.5 Å². The summed E-state index contributed by atoms with van der Waals surface area (Å²) in [6.45, 7) is 6.06. The number of likely N-dealkylation sites (tertiary alicyclic amines) is 1. The van der Waals surface area contributed by atoms with Gasteiger partial charge in [-0.2, -0.15) is 0 Å². The molecule has 3 aliphatic rings. The first-order valence-corrected chi connectivity index (χ1v) is 14.5. The molecule has 216 valence electrons. The Morgan fingerprint density at radius 3 is 2.37 bits per heavy atom. The number of aliphatic hydroxyl groups is 1. The lowest BCUT2D eigenvalue weighted by molar-refractivity contribution is -0.278. The predicted octanol–water partition coefficient (Wildman–Crippen LogP) is 5.06. The second-order valence-corrected chi connectivity index (χ2v) is 11.2. The Morgan fingerprint density at radius 2 is 1.66 bits per heavy atom. The van der Waals surface area contributed by atoms with Crippen molar-refractivity contribution in [3.05, 3.63) is 101 Å². The van der Waals surface area contributed by atoms with E-state index in [9.17, 15) is 9.90 Å². The predicted molar refractivity (Wildman–Crippen MR) is 154 cm³/mol. The quantitative estimate of drug-likeness (QED) is 0.419. The Hall–Kier alpha value is -3.11. The molecule has 3 aromatic rings. The lowest BCUT2D eigenvalue weighted by Gasteiger charge is -2.44. The lowest BCUT2D eigenvalue weighted by Crippen LogP contribution is -2.50. The van der Waals surface area contributed by atoms with Gasteiger partial charge in [0.15, 0.2) is 12.1 Å². The van der Waals surface area contributed by atoms with E-state index in [-0.39, 0.29) is 30.6 Å². The maximum Gasteiger partial charge on any atom is 0.255 e. The summed E-state index contributed by atoms with van der Waals surface area (Å²) in [6.07, 6.45) is 0.807. The minimum absolute atomic E-state index is 0.00108. The molecule has 8 nitrogen and oxygen atoms in total. The Balaban J connectivity index is 1.21. The number of carbonyl (C=O) groups is 1. The molecule has 3 saturated heterocycles. The maximum absolute atomic E-state index is 12.8. The minimum Gasteiger partial charge on any atom is -0.392 e. The molecule has 41 heavy (non-hydrogen) atoms. The Bertz CT molecular complexity index is 1300. The summed E-state index contributed by atoms with van der Waals surface area (Å²) in [6, 6.07) is 24.8. The van der Waals surface area contributed by atoms with Crippen molar-refractivity contribution in [2.24, 2.45) is 5.92 Å². The fourth-order valence-electron chi connectivity index (χ4n) is 6.00. The summed E-state index contributed by atoms with van der Waals surface area (Å²) in [4.78, 5) is 15.2. The van der Waals surface area contributed by atoms with Gasteiger partial charge in [-0.1, -0.05) is 61.5 Å². The molecule has 3 aromatic carbocycles. The van der Waals surface area contributed by atoms with Gasteiger partial charge >= 0.3 is 0 Å². The summed E-state index contributed by atoms with van der Waals surface area (Å²) in [7, 11) is 0.